The SMILES string of the molecule is Cc1ccc(CO)cc1NC(=O)C(C)Sc1ccccc1. The van der Waals surface area contributed by atoms with Gasteiger partial charge in [-0.15, -0.1) is 11.8 Å². The summed E-state index contributed by atoms with van der Waals surface area (Å²) in [6, 6.07) is 15.4. The Morgan fingerprint density at radius 1 is 1.24 bits per heavy atom. The first-order valence-electron chi connectivity index (χ1n) is 6.83. The molecule has 2 N–H and O–H groups in total. The molecule has 1 atom stereocenters. The summed E-state index contributed by atoms with van der Waals surface area (Å²) in [5.74, 6) is -0.0398. The van der Waals surface area contributed by atoms with Crippen LogP contribution in [0.3, 0.4) is 0 Å². The molecule has 0 fully saturated rings. The van der Waals surface area contributed by atoms with Crippen LogP contribution in [0, 0.1) is 6.92 Å². The van der Waals surface area contributed by atoms with Gasteiger partial charge in [-0.3, -0.25) is 4.79 Å². The van der Waals surface area contributed by atoms with Gasteiger partial charge in [0.25, 0.3) is 0 Å². The highest BCUT2D eigenvalue weighted by Crippen LogP contribution is 2.24. The molecule has 0 spiro atoms. The minimum absolute atomic E-state index is 0.0303. The van der Waals surface area contributed by atoms with Crippen LogP contribution in [0.2, 0.25) is 0 Å². The van der Waals surface area contributed by atoms with Gasteiger partial charge in [-0.25, -0.2) is 0 Å². The second-order valence-electron chi connectivity index (χ2n) is 4.87. The number of amides is 1. The van der Waals surface area contributed by atoms with Crippen LogP contribution >= 0.6 is 11.8 Å². The Labute approximate surface area is 129 Å². The second-order valence-corrected chi connectivity index (χ2v) is 6.28. The van der Waals surface area contributed by atoms with Crippen LogP contribution in [-0.4, -0.2) is 16.3 Å². The fourth-order valence-corrected chi connectivity index (χ4v) is 2.78. The Morgan fingerprint density at radius 2 is 1.95 bits per heavy atom. The van der Waals surface area contributed by atoms with Gasteiger partial charge in [-0.1, -0.05) is 30.3 Å². The Bertz CT molecular complexity index is 613. The number of nitrogens with one attached hydrogen (secondary N) is 1. The maximum Gasteiger partial charge on any atom is 0.237 e. The zero-order valence-electron chi connectivity index (χ0n) is 12.2. The topological polar surface area (TPSA) is 49.3 Å². The molecule has 1 amide bonds. The smallest absolute Gasteiger partial charge is 0.237 e. The highest BCUT2D eigenvalue weighted by Gasteiger charge is 2.15. The summed E-state index contributed by atoms with van der Waals surface area (Å²) in [4.78, 5) is 13.3. The lowest BCUT2D eigenvalue weighted by Crippen LogP contribution is -2.22. The fourth-order valence-electron chi connectivity index (χ4n) is 1.89. The third kappa shape index (κ3) is 4.34. The summed E-state index contributed by atoms with van der Waals surface area (Å²) in [7, 11) is 0. The van der Waals surface area contributed by atoms with Gasteiger partial charge < -0.3 is 10.4 Å². The van der Waals surface area contributed by atoms with E-state index >= 15 is 0 Å². The van der Waals surface area contributed by atoms with E-state index in [2.05, 4.69) is 5.32 Å². The van der Waals surface area contributed by atoms with Crippen molar-refractivity contribution in [3.05, 3.63) is 59.7 Å². The number of aliphatic hydroxyl groups is 1. The van der Waals surface area contributed by atoms with Gasteiger partial charge in [0.2, 0.25) is 5.91 Å². The molecular weight excluding hydrogens is 282 g/mol. The Balaban J connectivity index is 2.04. The summed E-state index contributed by atoms with van der Waals surface area (Å²) in [5.41, 5.74) is 2.53. The predicted octanol–water partition coefficient (Wildman–Crippen LogP) is 3.61. The molecule has 0 aromatic heterocycles. The van der Waals surface area contributed by atoms with Crippen LogP contribution in [0.1, 0.15) is 18.1 Å². The lowest BCUT2D eigenvalue weighted by molar-refractivity contribution is -0.115. The summed E-state index contributed by atoms with van der Waals surface area (Å²) >= 11 is 1.53. The van der Waals surface area contributed by atoms with Crippen LogP contribution < -0.4 is 5.32 Å². The zero-order valence-corrected chi connectivity index (χ0v) is 13.0. The molecule has 4 heteroatoms. The summed E-state index contributed by atoms with van der Waals surface area (Å²) in [6.45, 7) is 3.79. The number of benzene rings is 2. The lowest BCUT2D eigenvalue weighted by Gasteiger charge is -2.14. The van der Waals surface area contributed by atoms with E-state index in [0.29, 0.717) is 0 Å². The van der Waals surface area contributed by atoms with E-state index in [1.165, 1.54) is 11.8 Å². The van der Waals surface area contributed by atoms with Crippen molar-refractivity contribution < 1.29 is 9.90 Å². The van der Waals surface area contributed by atoms with Gasteiger partial charge in [-0.05, 0) is 43.2 Å². The van der Waals surface area contributed by atoms with E-state index in [0.717, 1.165) is 21.7 Å². The van der Waals surface area contributed by atoms with Crippen LogP contribution in [0.4, 0.5) is 5.69 Å². The average Bonchev–Trinajstić information content (AvgIpc) is 2.50. The van der Waals surface area contributed by atoms with E-state index in [4.69, 9.17) is 0 Å². The number of anilines is 1. The zero-order chi connectivity index (χ0) is 15.2. The quantitative estimate of drug-likeness (QED) is 0.830. The molecule has 21 heavy (non-hydrogen) atoms. The molecule has 0 heterocycles. The molecule has 0 aliphatic rings. The van der Waals surface area contributed by atoms with Gasteiger partial charge >= 0.3 is 0 Å². The molecule has 0 saturated carbocycles. The molecule has 2 aromatic carbocycles. The number of rotatable bonds is 5. The van der Waals surface area contributed by atoms with Crippen molar-refractivity contribution in [2.45, 2.75) is 30.6 Å². The first-order chi connectivity index (χ1) is 10.1. The number of thioether (sulfide) groups is 1. The van der Waals surface area contributed by atoms with Crippen molar-refractivity contribution in [3.8, 4) is 0 Å². The maximum atomic E-state index is 12.3. The number of carbonyl (C=O) groups excluding carboxylic acids is 1. The average molecular weight is 301 g/mol. The van der Waals surface area contributed by atoms with Gasteiger partial charge in [0.1, 0.15) is 0 Å². The number of aliphatic hydroxyl groups excluding tert-OH is 1. The van der Waals surface area contributed by atoms with Crippen LogP contribution in [0.25, 0.3) is 0 Å². The Morgan fingerprint density at radius 3 is 2.62 bits per heavy atom. The molecule has 2 aromatic rings. The van der Waals surface area contributed by atoms with Crippen molar-refractivity contribution in [3.63, 3.8) is 0 Å². The lowest BCUT2D eigenvalue weighted by atomic mass is 10.1. The predicted molar refractivity (Wildman–Crippen MR) is 87.5 cm³/mol. The Hall–Kier alpha value is -1.78. The van der Waals surface area contributed by atoms with E-state index < -0.39 is 0 Å². The van der Waals surface area contributed by atoms with Crippen LogP contribution in [0.5, 0.6) is 0 Å². The van der Waals surface area contributed by atoms with E-state index in [1.807, 2.05) is 62.4 Å². The summed E-state index contributed by atoms with van der Waals surface area (Å²) in [6.07, 6.45) is 0. The summed E-state index contributed by atoms with van der Waals surface area (Å²) in [5, 5.41) is 11.9. The van der Waals surface area contributed by atoms with Crippen LogP contribution in [0.15, 0.2) is 53.4 Å². The van der Waals surface area contributed by atoms with Gasteiger partial charge in [-0.2, -0.15) is 0 Å². The van der Waals surface area contributed by atoms with E-state index in [9.17, 15) is 9.90 Å². The third-order valence-corrected chi connectivity index (χ3v) is 4.28. The van der Waals surface area contributed by atoms with Gasteiger partial charge in [0.05, 0.1) is 11.9 Å². The molecule has 0 aliphatic heterocycles. The highest BCUT2D eigenvalue weighted by atomic mass is 32.2. The maximum absolute atomic E-state index is 12.3. The molecule has 2 rings (SSSR count). The normalized spacial score (nSPS) is 12.0. The third-order valence-electron chi connectivity index (χ3n) is 3.17. The van der Waals surface area contributed by atoms with Crippen molar-refractivity contribution in [1.29, 1.82) is 0 Å². The standard InChI is InChI=1S/C17H19NO2S/c1-12-8-9-14(11-19)10-16(12)18-17(20)13(2)21-15-6-4-3-5-7-15/h3-10,13,19H,11H2,1-2H3,(H,18,20). The largest absolute Gasteiger partial charge is 0.392 e. The minimum Gasteiger partial charge on any atom is -0.392 e. The molecule has 0 bridgehead atoms. The number of hydrogen-bond donors (Lipinski definition) is 2. The first kappa shape index (κ1) is 15.6. The molecular formula is C17H19NO2S. The minimum atomic E-state index is -0.190. The van der Waals surface area contributed by atoms with Crippen molar-refractivity contribution >= 4 is 23.4 Å². The van der Waals surface area contributed by atoms with Crippen molar-refractivity contribution in [1.82, 2.24) is 0 Å². The molecule has 0 aliphatic carbocycles. The van der Waals surface area contributed by atoms with E-state index in [-0.39, 0.29) is 17.8 Å². The van der Waals surface area contributed by atoms with Crippen molar-refractivity contribution in [2.75, 3.05) is 5.32 Å². The second kappa shape index (κ2) is 7.29. The fraction of sp³-hybridized carbons (Fsp3) is 0.235. The monoisotopic (exact) mass is 301 g/mol. The first-order valence-corrected chi connectivity index (χ1v) is 7.71. The molecule has 110 valence electrons. The number of carbonyl (C=O) groups is 1. The molecule has 1 unspecified atom stereocenters. The molecule has 0 saturated heterocycles. The highest BCUT2D eigenvalue weighted by molar-refractivity contribution is 8.00. The van der Waals surface area contributed by atoms with Gasteiger partial charge in [0, 0.05) is 10.6 Å². The Kier molecular flexibility index (Phi) is 5.42. The van der Waals surface area contributed by atoms with Crippen molar-refractivity contribution in [2.24, 2.45) is 0 Å². The number of hydrogen-bond acceptors (Lipinski definition) is 3. The number of aryl methyl sites for hydroxylation is 1. The van der Waals surface area contributed by atoms with Gasteiger partial charge in [0.15, 0.2) is 0 Å². The molecule has 3 nitrogen and oxygen atoms in total. The molecule has 0 radical (unpaired) electrons. The van der Waals surface area contributed by atoms with E-state index in [1.54, 1.807) is 0 Å². The summed E-state index contributed by atoms with van der Waals surface area (Å²) < 4.78 is 0. The van der Waals surface area contributed by atoms with Crippen LogP contribution in [-0.2, 0) is 11.4 Å².